The molecule has 0 radical (unpaired) electrons. The quantitative estimate of drug-likeness (QED) is 0.918. The molecular formula is C16H16F2O2S. The summed E-state index contributed by atoms with van der Waals surface area (Å²) in [7, 11) is -1.24. The third-order valence-corrected chi connectivity index (χ3v) is 5.00. The number of halogens is 2. The van der Waals surface area contributed by atoms with Crippen LogP contribution in [0.5, 0.6) is 0 Å². The molecule has 1 N–H and O–H groups in total. The molecule has 2 nitrogen and oxygen atoms in total. The Balaban J connectivity index is 2.09. The van der Waals surface area contributed by atoms with Crippen LogP contribution in [0.1, 0.15) is 28.9 Å². The maximum atomic E-state index is 13.2. The normalized spacial score (nSPS) is 13.9. The molecule has 0 amide bonds. The van der Waals surface area contributed by atoms with E-state index in [0.29, 0.717) is 11.3 Å². The molecule has 0 spiro atoms. The van der Waals surface area contributed by atoms with Crippen molar-refractivity contribution in [2.24, 2.45) is 0 Å². The molecule has 0 aliphatic heterocycles. The molecule has 112 valence electrons. The average Bonchev–Trinajstić information content (AvgIpc) is 2.50. The van der Waals surface area contributed by atoms with Gasteiger partial charge >= 0.3 is 0 Å². The van der Waals surface area contributed by atoms with Crippen LogP contribution in [0, 0.1) is 11.6 Å². The van der Waals surface area contributed by atoms with Gasteiger partial charge in [-0.3, -0.25) is 4.21 Å². The third kappa shape index (κ3) is 3.95. The maximum absolute atomic E-state index is 13.2. The standard InChI is InChI=1S/C16H16F2O2S/c1-11(14-6-7-15(17)16(18)8-14)21(20)10-13-4-2-12(9-19)3-5-13/h2-8,11,19H,9-10H2,1H3. The van der Waals surface area contributed by atoms with E-state index in [1.54, 1.807) is 31.2 Å². The maximum Gasteiger partial charge on any atom is 0.159 e. The number of aliphatic hydroxyl groups is 1. The van der Waals surface area contributed by atoms with E-state index in [2.05, 4.69) is 0 Å². The van der Waals surface area contributed by atoms with Gasteiger partial charge in [-0.25, -0.2) is 8.78 Å². The Hall–Kier alpha value is -1.59. The lowest BCUT2D eigenvalue weighted by atomic mass is 10.1. The van der Waals surface area contributed by atoms with Crippen molar-refractivity contribution in [3.8, 4) is 0 Å². The highest BCUT2D eigenvalue weighted by molar-refractivity contribution is 7.84. The van der Waals surface area contributed by atoms with Crippen LogP contribution >= 0.6 is 0 Å². The van der Waals surface area contributed by atoms with Gasteiger partial charge in [0.25, 0.3) is 0 Å². The summed E-state index contributed by atoms with van der Waals surface area (Å²) < 4.78 is 38.4. The van der Waals surface area contributed by atoms with Gasteiger partial charge < -0.3 is 5.11 Å². The highest BCUT2D eigenvalue weighted by Crippen LogP contribution is 2.23. The first-order valence-electron chi connectivity index (χ1n) is 6.52. The molecule has 0 saturated carbocycles. The highest BCUT2D eigenvalue weighted by atomic mass is 32.2. The van der Waals surface area contributed by atoms with Crippen molar-refractivity contribution in [3.05, 3.63) is 70.8 Å². The van der Waals surface area contributed by atoms with Crippen LogP contribution in [-0.4, -0.2) is 9.32 Å². The molecule has 0 aromatic heterocycles. The molecule has 5 heteroatoms. The zero-order valence-electron chi connectivity index (χ0n) is 11.6. The minimum Gasteiger partial charge on any atom is -0.392 e. The first kappa shape index (κ1) is 15.8. The fraction of sp³-hybridized carbons (Fsp3) is 0.250. The highest BCUT2D eigenvalue weighted by Gasteiger charge is 2.16. The second-order valence-electron chi connectivity index (χ2n) is 4.82. The number of hydrogen-bond donors (Lipinski definition) is 1. The topological polar surface area (TPSA) is 37.3 Å². The van der Waals surface area contributed by atoms with E-state index in [0.717, 1.165) is 23.3 Å². The van der Waals surface area contributed by atoms with Crippen LogP contribution in [0.15, 0.2) is 42.5 Å². The average molecular weight is 310 g/mol. The Labute approximate surface area is 124 Å². The summed E-state index contributed by atoms with van der Waals surface area (Å²) in [6, 6.07) is 10.8. The first-order chi connectivity index (χ1) is 10.0. The smallest absolute Gasteiger partial charge is 0.159 e. The molecule has 0 aliphatic rings. The van der Waals surface area contributed by atoms with Gasteiger partial charge in [-0.1, -0.05) is 30.3 Å². The van der Waals surface area contributed by atoms with Gasteiger partial charge in [-0.05, 0) is 35.7 Å². The Kier molecular flexibility index (Phi) is 5.20. The summed E-state index contributed by atoms with van der Waals surface area (Å²) in [5.74, 6) is -1.51. The lowest BCUT2D eigenvalue weighted by Crippen LogP contribution is -2.06. The number of rotatable bonds is 5. The van der Waals surface area contributed by atoms with E-state index >= 15 is 0 Å². The second-order valence-corrected chi connectivity index (χ2v) is 6.57. The van der Waals surface area contributed by atoms with Crippen molar-refractivity contribution >= 4 is 10.8 Å². The molecule has 0 aliphatic carbocycles. The van der Waals surface area contributed by atoms with Crippen molar-refractivity contribution in [2.45, 2.75) is 24.5 Å². The molecule has 2 aromatic rings. The third-order valence-electron chi connectivity index (χ3n) is 3.32. The summed E-state index contributed by atoms with van der Waals surface area (Å²) in [5, 5.41) is 8.58. The molecular weight excluding hydrogens is 294 g/mol. The molecule has 2 rings (SSSR count). The fourth-order valence-corrected chi connectivity index (χ4v) is 3.17. The summed E-state index contributed by atoms with van der Waals surface area (Å²) >= 11 is 0. The molecule has 2 unspecified atom stereocenters. The molecule has 0 bridgehead atoms. The Morgan fingerprint density at radius 2 is 1.67 bits per heavy atom. The van der Waals surface area contributed by atoms with Crippen LogP contribution in [0.25, 0.3) is 0 Å². The van der Waals surface area contributed by atoms with Crippen LogP contribution in [0.3, 0.4) is 0 Å². The monoisotopic (exact) mass is 310 g/mol. The Morgan fingerprint density at radius 1 is 1.05 bits per heavy atom. The predicted molar refractivity (Wildman–Crippen MR) is 79.0 cm³/mol. The van der Waals surface area contributed by atoms with Crippen molar-refractivity contribution in [1.82, 2.24) is 0 Å². The van der Waals surface area contributed by atoms with Gasteiger partial charge in [-0.2, -0.15) is 0 Å². The molecule has 0 saturated heterocycles. The van der Waals surface area contributed by atoms with Gasteiger partial charge in [0.15, 0.2) is 11.6 Å². The van der Waals surface area contributed by atoms with E-state index in [9.17, 15) is 13.0 Å². The van der Waals surface area contributed by atoms with E-state index in [1.807, 2.05) is 0 Å². The molecule has 2 aromatic carbocycles. The zero-order valence-corrected chi connectivity index (χ0v) is 12.4. The van der Waals surface area contributed by atoms with Gasteiger partial charge in [0.1, 0.15) is 0 Å². The summed E-state index contributed by atoms with van der Waals surface area (Å²) in [5.41, 5.74) is 2.18. The fourth-order valence-electron chi connectivity index (χ4n) is 1.95. The van der Waals surface area contributed by atoms with Crippen molar-refractivity contribution < 1.29 is 18.1 Å². The molecule has 0 fully saturated rings. The molecule has 2 atom stereocenters. The van der Waals surface area contributed by atoms with E-state index in [-0.39, 0.29) is 6.61 Å². The Bertz CT molecular complexity index is 641. The SMILES string of the molecule is CC(c1ccc(F)c(F)c1)S(=O)Cc1ccc(CO)cc1. The lowest BCUT2D eigenvalue weighted by Gasteiger charge is -2.12. The van der Waals surface area contributed by atoms with Crippen LogP contribution < -0.4 is 0 Å². The van der Waals surface area contributed by atoms with Crippen molar-refractivity contribution in [2.75, 3.05) is 0 Å². The van der Waals surface area contributed by atoms with E-state index in [4.69, 9.17) is 5.11 Å². The van der Waals surface area contributed by atoms with Gasteiger partial charge in [-0.15, -0.1) is 0 Å². The van der Waals surface area contributed by atoms with E-state index in [1.165, 1.54) is 6.07 Å². The zero-order chi connectivity index (χ0) is 15.4. The first-order valence-corrected chi connectivity index (χ1v) is 7.90. The van der Waals surface area contributed by atoms with Gasteiger partial charge in [0.05, 0.1) is 11.9 Å². The van der Waals surface area contributed by atoms with Crippen LogP contribution in [0.4, 0.5) is 8.78 Å². The largest absolute Gasteiger partial charge is 0.392 e. The second kappa shape index (κ2) is 6.91. The van der Waals surface area contributed by atoms with Crippen molar-refractivity contribution in [3.63, 3.8) is 0 Å². The molecule has 0 heterocycles. The predicted octanol–water partition coefficient (Wildman–Crippen LogP) is 3.47. The minimum atomic E-state index is -1.24. The van der Waals surface area contributed by atoms with Crippen LogP contribution in [-0.2, 0) is 23.2 Å². The number of aliphatic hydroxyl groups excluding tert-OH is 1. The van der Waals surface area contributed by atoms with Gasteiger partial charge in [0.2, 0.25) is 0 Å². The Morgan fingerprint density at radius 3 is 2.24 bits per heavy atom. The summed E-state index contributed by atoms with van der Waals surface area (Å²) in [6.07, 6.45) is 0. The molecule has 21 heavy (non-hydrogen) atoms. The number of benzene rings is 2. The van der Waals surface area contributed by atoms with E-state index < -0.39 is 27.7 Å². The number of hydrogen-bond acceptors (Lipinski definition) is 2. The van der Waals surface area contributed by atoms with Crippen molar-refractivity contribution in [1.29, 1.82) is 0 Å². The minimum absolute atomic E-state index is 0.0331. The van der Waals surface area contributed by atoms with Crippen LogP contribution in [0.2, 0.25) is 0 Å². The summed E-state index contributed by atoms with van der Waals surface area (Å²) in [6.45, 7) is 1.69. The summed E-state index contributed by atoms with van der Waals surface area (Å²) in [4.78, 5) is 0. The lowest BCUT2D eigenvalue weighted by molar-refractivity contribution is 0.282. The van der Waals surface area contributed by atoms with Gasteiger partial charge in [0, 0.05) is 16.6 Å².